The molecule has 0 aliphatic rings. The van der Waals surface area contributed by atoms with Crippen LogP contribution in [0.25, 0.3) is 71.6 Å². The molecule has 0 atom stereocenters. The lowest BCUT2D eigenvalue weighted by Crippen LogP contribution is -2.10. The molecule has 3 aromatic heterocycles. The summed E-state index contributed by atoms with van der Waals surface area (Å²) in [6.45, 7) is 0. The van der Waals surface area contributed by atoms with E-state index in [0.717, 1.165) is 0 Å². The predicted octanol–water partition coefficient (Wildman–Crippen LogP) is 13.9. The van der Waals surface area contributed by atoms with Crippen LogP contribution in [-0.2, 0) is 0 Å². The van der Waals surface area contributed by atoms with Crippen molar-refractivity contribution in [3.63, 3.8) is 0 Å². The van der Waals surface area contributed by atoms with Crippen LogP contribution in [0.3, 0.4) is 0 Å². The molecule has 0 fully saturated rings. The lowest BCUT2D eigenvalue weighted by molar-refractivity contribution is 1.33. The number of thiophene rings is 3. The van der Waals surface area contributed by atoms with Gasteiger partial charge in [0.05, 0.1) is 16.1 Å². The summed E-state index contributed by atoms with van der Waals surface area (Å²) in [6.07, 6.45) is 0. The van der Waals surface area contributed by atoms with E-state index in [4.69, 9.17) is 0 Å². The molecular formula is C42H25NS3. The fourth-order valence-corrected chi connectivity index (χ4v) is 10.6. The normalized spacial score (nSPS) is 11.9. The second-order valence-corrected chi connectivity index (χ2v) is 14.9. The van der Waals surface area contributed by atoms with Crippen molar-refractivity contribution in [2.75, 3.05) is 4.90 Å². The maximum atomic E-state index is 2.52. The van der Waals surface area contributed by atoms with E-state index < -0.39 is 0 Å². The smallest absolute Gasteiger partial charge is 0.0640 e. The molecule has 0 spiro atoms. The molecule has 1 nitrogen and oxygen atoms in total. The van der Waals surface area contributed by atoms with E-state index in [1.54, 1.807) is 0 Å². The molecule has 0 unspecified atom stereocenters. The fourth-order valence-electron chi connectivity index (χ4n) is 7.03. The van der Waals surface area contributed by atoms with Crippen molar-refractivity contribution in [1.82, 2.24) is 0 Å². The Bertz CT molecular complexity index is 2760. The van der Waals surface area contributed by atoms with Gasteiger partial charge in [-0.05, 0) is 53.6 Å². The maximum Gasteiger partial charge on any atom is 0.0640 e. The first-order valence-electron chi connectivity index (χ1n) is 15.4. The summed E-state index contributed by atoms with van der Waals surface area (Å²) in [5.74, 6) is 0. The zero-order valence-electron chi connectivity index (χ0n) is 24.6. The summed E-state index contributed by atoms with van der Waals surface area (Å²) in [5, 5.41) is 7.86. The topological polar surface area (TPSA) is 3.24 Å². The minimum Gasteiger partial charge on any atom is -0.308 e. The molecule has 0 bridgehead atoms. The summed E-state index contributed by atoms with van der Waals surface area (Å²) < 4.78 is 7.89. The largest absolute Gasteiger partial charge is 0.308 e. The van der Waals surface area contributed by atoms with Crippen LogP contribution in [0.1, 0.15) is 0 Å². The number of fused-ring (bicyclic) bond motifs is 9. The Morgan fingerprint density at radius 2 is 0.978 bits per heavy atom. The third kappa shape index (κ3) is 3.91. The first kappa shape index (κ1) is 26.2. The van der Waals surface area contributed by atoms with E-state index in [1.807, 2.05) is 34.0 Å². The fraction of sp³-hybridized carbons (Fsp3) is 0. The minimum absolute atomic E-state index is 1.18. The van der Waals surface area contributed by atoms with Gasteiger partial charge in [0.25, 0.3) is 0 Å². The lowest BCUT2D eigenvalue weighted by atomic mass is 10.0. The number of nitrogens with zero attached hydrogens (tertiary/aromatic N) is 1. The second kappa shape index (κ2) is 10.3. The Labute approximate surface area is 277 Å². The molecule has 0 aliphatic heterocycles. The Morgan fingerprint density at radius 1 is 0.370 bits per heavy atom. The highest BCUT2D eigenvalue weighted by molar-refractivity contribution is 7.27. The van der Waals surface area contributed by atoms with Crippen molar-refractivity contribution in [2.24, 2.45) is 0 Å². The molecule has 0 amide bonds. The van der Waals surface area contributed by atoms with Gasteiger partial charge in [-0.15, -0.1) is 34.0 Å². The number of anilines is 3. The van der Waals surface area contributed by atoms with Crippen LogP contribution in [0.5, 0.6) is 0 Å². The van der Waals surface area contributed by atoms with Crippen molar-refractivity contribution >= 4 is 112 Å². The van der Waals surface area contributed by atoms with E-state index in [9.17, 15) is 0 Å². The van der Waals surface area contributed by atoms with E-state index in [-0.39, 0.29) is 0 Å². The summed E-state index contributed by atoms with van der Waals surface area (Å²) in [7, 11) is 0. The quantitative estimate of drug-likeness (QED) is 0.185. The standard InChI is InChI=1S/C42H25NS3/c1-2-11-26(12-3-1)28-15-8-16-31-32-17-9-19-35(42(32)46-41(28)31)43(27-23-24-30-29-13-4-6-20-36(29)45-39(30)25-27)34-18-10-22-38-40(34)33-14-5-7-21-37(33)44-38/h1-25H. The predicted molar refractivity (Wildman–Crippen MR) is 205 cm³/mol. The number of hydrogen-bond acceptors (Lipinski definition) is 4. The van der Waals surface area contributed by atoms with Crippen molar-refractivity contribution in [3.05, 3.63) is 152 Å². The van der Waals surface area contributed by atoms with Crippen LogP contribution in [0, 0.1) is 0 Å². The van der Waals surface area contributed by atoms with Gasteiger partial charge in [0.1, 0.15) is 0 Å². The highest BCUT2D eigenvalue weighted by Gasteiger charge is 2.23. The Morgan fingerprint density at radius 3 is 1.85 bits per heavy atom. The van der Waals surface area contributed by atoms with Crippen LogP contribution in [-0.4, -0.2) is 0 Å². The molecule has 0 saturated carbocycles. The molecule has 216 valence electrons. The average molecular weight is 640 g/mol. The molecule has 46 heavy (non-hydrogen) atoms. The molecule has 0 N–H and O–H groups in total. The third-order valence-electron chi connectivity index (χ3n) is 9.07. The Balaban J connectivity index is 1.30. The van der Waals surface area contributed by atoms with E-state index in [0.29, 0.717) is 0 Å². The lowest BCUT2D eigenvalue weighted by Gasteiger charge is -2.27. The zero-order valence-corrected chi connectivity index (χ0v) is 27.1. The second-order valence-electron chi connectivity index (χ2n) is 11.7. The van der Waals surface area contributed by atoms with Crippen molar-refractivity contribution < 1.29 is 0 Å². The molecular weight excluding hydrogens is 615 g/mol. The van der Waals surface area contributed by atoms with Gasteiger partial charge in [-0.3, -0.25) is 0 Å². The van der Waals surface area contributed by atoms with Crippen molar-refractivity contribution in [3.8, 4) is 11.1 Å². The average Bonchev–Trinajstić information content (AvgIpc) is 3.80. The molecule has 0 radical (unpaired) electrons. The Hall–Kier alpha value is -5.00. The van der Waals surface area contributed by atoms with Crippen LogP contribution in [0.15, 0.2) is 152 Å². The third-order valence-corrected chi connectivity index (χ3v) is 12.6. The molecule has 10 aromatic rings. The molecule has 3 heterocycles. The number of benzene rings is 7. The van der Waals surface area contributed by atoms with E-state index in [1.165, 1.54) is 88.7 Å². The summed E-state index contributed by atoms with van der Waals surface area (Å²) in [5.41, 5.74) is 6.14. The van der Waals surface area contributed by atoms with Crippen LogP contribution in [0.4, 0.5) is 17.1 Å². The Kier molecular flexibility index (Phi) is 5.85. The van der Waals surface area contributed by atoms with Crippen molar-refractivity contribution in [1.29, 1.82) is 0 Å². The summed E-state index contributed by atoms with van der Waals surface area (Å²) >= 11 is 5.66. The van der Waals surface area contributed by atoms with Crippen LogP contribution in [0.2, 0.25) is 0 Å². The van der Waals surface area contributed by atoms with Crippen LogP contribution < -0.4 is 4.90 Å². The van der Waals surface area contributed by atoms with E-state index >= 15 is 0 Å². The van der Waals surface area contributed by atoms with Gasteiger partial charge in [0.2, 0.25) is 0 Å². The van der Waals surface area contributed by atoms with E-state index in [2.05, 4.69) is 157 Å². The monoisotopic (exact) mass is 639 g/mol. The number of rotatable bonds is 4. The first-order valence-corrected chi connectivity index (χ1v) is 17.9. The SMILES string of the molecule is c1ccc(-c2cccc3c2sc2c(N(c4ccc5c(c4)sc4ccccc45)c4cccc5sc6ccccc6c45)cccc23)cc1. The summed E-state index contributed by atoms with van der Waals surface area (Å²) in [6, 6.07) is 55.8. The molecule has 7 aromatic carbocycles. The molecule has 4 heteroatoms. The highest BCUT2D eigenvalue weighted by atomic mass is 32.1. The van der Waals surface area contributed by atoms with Gasteiger partial charge in [0, 0.05) is 61.5 Å². The summed E-state index contributed by atoms with van der Waals surface area (Å²) in [4.78, 5) is 2.52. The van der Waals surface area contributed by atoms with Gasteiger partial charge in [0.15, 0.2) is 0 Å². The van der Waals surface area contributed by atoms with Crippen LogP contribution >= 0.6 is 34.0 Å². The molecule has 0 saturated heterocycles. The molecule has 0 aliphatic carbocycles. The van der Waals surface area contributed by atoms with Gasteiger partial charge >= 0.3 is 0 Å². The van der Waals surface area contributed by atoms with Gasteiger partial charge in [-0.2, -0.15) is 0 Å². The minimum atomic E-state index is 1.18. The van der Waals surface area contributed by atoms with Crippen molar-refractivity contribution in [2.45, 2.75) is 0 Å². The maximum absolute atomic E-state index is 2.52. The van der Waals surface area contributed by atoms with Gasteiger partial charge in [-0.25, -0.2) is 0 Å². The van der Waals surface area contributed by atoms with Gasteiger partial charge in [-0.1, -0.05) is 109 Å². The van der Waals surface area contributed by atoms with Gasteiger partial charge < -0.3 is 4.90 Å². The molecule has 10 rings (SSSR count). The highest BCUT2D eigenvalue weighted by Crippen LogP contribution is 2.50. The zero-order chi connectivity index (χ0) is 30.2. The number of hydrogen-bond donors (Lipinski definition) is 0. The first-order chi connectivity index (χ1) is 22.8.